The zero-order chi connectivity index (χ0) is 65.0. The molecule has 94 heavy (non-hydrogen) atoms. The lowest BCUT2D eigenvalue weighted by molar-refractivity contribution is 1.07. The lowest BCUT2D eigenvalue weighted by atomic mass is 9.91. The Morgan fingerprint density at radius 3 is 0.904 bits per heavy atom. The number of rotatable bonds is 10. The van der Waals surface area contributed by atoms with Crippen molar-refractivity contribution in [2.75, 3.05) is 0 Å². The molecule has 0 amide bonds. The van der Waals surface area contributed by atoms with Gasteiger partial charge in [-0.3, -0.25) is 0 Å². The number of benzene rings is 12. The SMILES string of the molecule is [C-]#[N+]c1cccc(-n2c3ccc(-c4c(C)cc(C)cc4C)cc3c3cc(-c4c(C)cc(C)cc4C)ccc32)c1-c1cc(-c2nc(-c3ccccc3)nc(-c3ccccc3)n2)ccc1-n1c2ccc(-c3c(C)cc(C)cc3C)cc2c2cc(-c3c(C)cc(C)cc3C)ccc21. The van der Waals surface area contributed by atoms with Gasteiger partial charge >= 0.3 is 0 Å². The molecule has 0 aliphatic heterocycles. The molecule has 0 saturated heterocycles. The summed E-state index contributed by atoms with van der Waals surface area (Å²) in [6.07, 6.45) is 0. The van der Waals surface area contributed by atoms with Gasteiger partial charge in [0, 0.05) is 49.5 Å². The smallest absolute Gasteiger partial charge is 0.197 e. The molecular weight excluding hydrogens is 1140 g/mol. The van der Waals surface area contributed by atoms with E-state index < -0.39 is 0 Å². The molecule has 0 atom stereocenters. The fourth-order valence-corrected chi connectivity index (χ4v) is 15.8. The van der Waals surface area contributed by atoms with Gasteiger partial charge in [-0.15, -0.1) is 0 Å². The third-order valence-electron chi connectivity index (χ3n) is 19.2. The first-order valence-corrected chi connectivity index (χ1v) is 32.5. The van der Waals surface area contributed by atoms with E-state index in [0.717, 1.165) is 82.8 Å². The summed E-state index contributed by atoms with van der Waals surface area (Å²) in [7, 11) is 0. The van der Waals surface area contributed by atoms with Crippen molar-refractivity contribution in [1.82, 2.24) is 24.1 Å². The summed E-state index contributed by atoms with van der Waals surface area (Å²) < 4.78 is 4.85. The Morgan fingerprint density at radius 2 is 0.574 bits per heavy atom. The van der Waals surface area contributed by atoms with Gasteiger partial charge in [0.25, 0.3) is 0 Å². The highest BCUT2D eigenvalue weighted by molar-refractivity contribution is 6.15. The minimum absolute atomic E-state index is 0.516. The van der Waals surface area contributed by atoms with Crippen LogP contribution in [0.25, 0.3) is 150 Å². The maximum atomic E-state index is 9.29. The van der Waals surface area contributed by atoms with Gasteiger partial charge in [0.15, 0.2) is 23.2 Å². The summed E-state index contributed by atoms with van der Waals surface area (Å²) >= 11 is 0. The first-order chi connectivity index (χ1) is 45.5. The van der Waals surface area contributed by atoms with Crippen molar-refractivity contribution < 1.29 is 0 Å². The molecule has 0 aliphatic carbocycles. The molecule has 0 bridgehead atoms. The highest BCUT2D eigenvalue weighted by atomic mass is 15.0. The molecule has 0 radical (unpaired) electrons. The van der Waals surface area contributed by atoms with Gasteiger partial charge in [0.2, 0.25) is 0 Å². The summed E-state index contributed by atoms with van der Waals surface area (Å²) in [4.78, 5) is 20.3. The third-order valence-corrected chi connectivity index (χ3v) is 19.2. The van der Waals surface area contributed by atoms with Gasteiger partial charge in [-0.05, 0) is 250 Å². The second-order valence-corrected chi connectivity index (χ2v) is 26.2. The third kappa shape index (κ3) is 10.1. The van der Waals surface area contributed by atoms with Crippen molar-refractivity contribution in [2.24, 2.45) is 0 Å². The van der Waals surface area contributed by atoms with Gasteiger partial charge in [0.05, 0.1) is 34.3 Å². The Balaban J connectivity index is 1.06. The molecule has 6 nitrogen and oxygen atoms in total. The highest BCUT2D eigenvalue weighted by Crippen LogP contribution is 2.49. The maximum absolute atomic E-state index is 9.29. The number of hydrogen-bond acceptors (Lipinski definition) is 3. The van der Waals surface area contributed by atoms with Crippen molar-refractivity contribution >= 4 is 49.3 Å². The van der Waals surface area contributed by atoms with Crippen LogP contribution in [-0.4, -0.2) is 24.1 Å². The number of aryl methyl sites for hydroxylation is 12. The van der Waals surface area contributed by atoms with Crippen molar-refractivity contribution in [3.8, 4) is 101 Å². The predicted molar refractivity (Wildman–Crippen MR) is 395 cm³/mol. The average molecular weight is 1210 g/mol. The fourth-order valence-electron chi connectivity index (χ4n) is 15.8. The zero-order valence-electron chi connectivity index (χ0n) is 55.5. The molecule has 15 rings (SSSR count). The molecule has 3 heterocycles. The number of hydrogen-bond donors (Lipinski definition) is 0. The van der Waals surface area contributed by atoms with E-state index in [9.17, 15) is 6.57 Å². The quantitative estimate of drug-likeness (QED) is 0.128. The molecule has 0 N–H and O–H groups in total. The van der Waals surface area contributed by atoms with Gasteiger partial charge < -0.3 is 9.13 Å². The Hall–Kier alpha value is -11.3. The molecule has 454 valence electrons. The average Bonchev–Trinajstić information content (AvgIpc) is 1.57. The molecule has 0 aliphatic rings. The summed E-state index contributed by atoms with van der Waals surface area (Å²) in [6.45, 7) is 35.8. The Kier molecular flexibility index (Phi) is 14.5. The molecule has 0 fully saturated rings. The van der Waals surface area contributed by atoms with Gasteiger partial charge in [0.1, 0.15) is 0 Å². The van der Waals surface area contributed by atoms with E-state index in [0.29, 0.717) is 23.2 Å². The molecule has 0 spiro atoms. The molecule has 3 aromatic heterocycles. The highest BCUT2D eigenvalue weighted by Gasteiger charge is 2.27. The second-order valence-electron chi connectivity index (χ2n) is 26.2. The summed E-state index contributed by atoms with van der Waals surface area (Å²) in [5.74, 6) is 1.66. The van der Waals surface area contributed by atoms with Gasteiger partial charge in [-0.1, -0.05) is 168 Å². The molecule has 15 aromatic rings. The number of nitrogens with zero attached hydrogens (tertiary/aromatic N) is 6. The summed E-state index contributed by atoms with van der Waals surface area (Å²) in [5, 5.41) is 4.52. The van der Waals surface area contributed by atoms with Gasteiger partial charge in [-0.2, -0.15) is 0 Å². The minimum Gasteiger partial charge on any atom is -0.310 e. The van der Waals surface area contributed by atoms with E-state index in [4.69, 9.17) is 15.0 Å². The van der Waals surface area contributed by atoms with Gasteiger partial charge in [-0.25, -0.2) is 19.8 Å². The molecular formula is C88H72N6. The monoisotopic (exact) mass is 1210 g/mol. The first-order valence-electron chi connectivity index (χ1n) is 32.5. The van der Waals surface area contributed by atoms with Crippen LogP contribution < -0.4 is 0 Å². The van der Waals surface area contributed by atoms with Crippen LogP contribution in [0.3, 0.4) is 0 Å². The van der Waals surface area contributed by atoms with Crippen molar-refractivity contribution in [3.05, 3.63) is 297 Å². The Morgan fingerprint density at radius 1 is 0.266 bits per heavy atom. The zero-order valence-corrected chi connectivity index (χ0v) is 55.5. The number of aromatic nitrogens is 5. The Bertz CT molecular complexity index is 5310. The van der Waals surface area contributed by atoms with Crippen LogP contribution in [0.15, 0.2) is 218 Å². The van der Waals surface area contributed by atoms with Crippen molar-refractivity contribution in [3.63, 3.8) is 0 Å². The first kappa shape index (κ1) is 59.1. The standard InChI is InChI=1S/C88H72N6/c1-50-37-54(5)81(55(6)38-50)64-27-32-75-69(45-64)70-46-65(82-56(7)39-51(2)40-57(82)8)28-33-76(70)93(75)79-36-31-68(88-91-86(62-21-16-14-17-22-62)90-87(92-88)63-23-18-15-19-24-63)49-73(79)85-74(89-13)25-20-26-80(85)94-77-34-29-66(83-58(9)41-52(3)42-59(83)10)47-71(77)72-48-67(30-35-78(72)94)84-60(11)43-53(4)44-61(84)12/h14-49H,1-12H3. The van der Waals surface area contributed by atoms with E-state index in [2.05, 4.69) is 243 Å². The van der Waals surface area contributed by atoms with Crippen LogP contribution in [0.2, 0.25) is 0 Å². The van der Waals surface area contributed by atoms with Crippen LogP contribution in [0.5, 0.6) is 0 Å². The summed E-state index contributed by atoms with van der Waals surface area (Å²) in [5.41, 5.74) is 35.3. The van der Waals surface area contributed by atoms with E-state index in [1.54, 1.807) is 0 Å². The number of fused-ring (bicyclic) bond motifs is 6. The summed E-state index contributed by atoms with van der Waals surface area (Å²) in [6, 6.07) is 79.5. The van der Waals surface area contributed by atoms with Crippen LogP contribution >= 0.6 is 0 Å². The van der Waals surface area contributed by atoms with Crippen LogP contribution in [0.1, 0.15) is 66.8 Å². The largest absolute Gasteiger partial charge is 0.310 e. The van der Waals surface area contributed by atoms with Crippen LogP contribution in [0.4, 0.5) is 5.69 Å². The van der Waals surface area contributed by atoms with Crippen molar-refractivity contribution in [1.29, 1.82) is 0 Å². The lowest BCUT2D eigenvalue weighted by Crippen LogP contribution is -2.04. The predicted octanol–water partition coefficient (Wildman–Crippen LogP) is 23.7. The van der Waals surface area contributed by atoms with Crippen LogP contribution in [0, 0.1) is 89.7 Å². The topological polar surface area (TPSA) is 52.9 Å². The van der Waals surface area contributed by atoms with E-state index in [-0.39, 0.29) is 0 Å². The van der Waals surface area contributed by atoms with Crippen LogP contribution in [-0.2, 0) is 0 Å². The Labute approximate surface area is 551 Å². The molecule has 12 aromatic carbocycles. The fraction of sp³-hybridized carbons (Fsp3) is 0.136. The second kappa shape index (κ2) is 23.1. The minimum atomic E-state index is 0.516. The van der Waals surface area contributed by atoms with Crippen molar-refractivity contribution in [2.45, 2.75) is 83.1 Å². The maximum Gasteiger partial charge on any atom is 0.197 e. The lowest BCUT2D eigenvalue weighted by Gasteiger charge is -2.21. The molecule has 6 heteroatoms. The molecule has 0 saturated carbocycles. The molecule has 0 unspecified atom stereocenters. The van der Waals surface area contributed by atoms with E-state index in [1.165, 1.54) is 111 Å². The van der Waals surface area contributed by atoms with E-state index in [1.807, 2.05) is 72.8 Å². The van der Waals surface area contributed by atoms with E-state index >= 15 is 0 Å². The normalized spacial score (nSPS) is 11.6.